The smallest absolute Gasteiger partial charge is 0.0392 e. The fourth-order valence-electron chi connectivity index (χ4n) is 0.933. The molecule has 0 bridgehead atoms. The molecule has 1 heteroatoms. The summed E-state index contributed by atoms with van der Waals surface area (Å²) >= 11 is 0. The first kappa shape index (κ1) is 5.54. The Hall–Kier alpha value is -0.590. The van der Waals surface area contributed by atoms with Gasteiger partial charge in [0, 0.05) is 18.7 Å². The third-order valence-corrected chi connectivity index (χ3v) is 1.34. The SMILES string of the molecule is C=CCC1=NCCC1. The molecule has 0 aromatic carbocycles. The summed E-state index contributed by atoms with van der Waals surface area (Å²) in [5, 5.41) is 0. The van der Waals surface area contributed by atoms with Crippen LogP contribution in [0.15, 0.2) is 17.6 Å². The van der Waals surface area contributed by atoms with Gasteiger partial charge < -0.3 is 0 Å². The first-order valence-corrected chi connectivity index (χ1v) is 3.06. The second kappa shape index (κ2) is 2.65. The van der Waals surface area contributed by atoms with Crippen LogP contribution in [-0.2, 0) is 0 Å². The molecule has 0 atom stereocenters. The van der Waals surface area contributed by atoms with Crippen LogP contribution in [0.3, 0.4) is 0 Å². The molecule has 0 spiro atoms. The second-order valence-corrected chi connectivity index (χ2v) is 2.04. The van der Waals surface area contributed by atoms with E-state index in [0.29, 0.717) is 0 Å². The Bertz CT molecular complexity index is 114. The van der Waals surface area contributed by atoms with Gasteiger partial charge in [0.15, 0.2) is 0 Å². The van der Waals surface area contributed by atoms with Crippen LogP contribution < -0.4 is 0 Å². The van der Waals surface area contributed by atoms with Crippen LogP contribution in [0.2, 0.25) is 0 Å². The van der Waals surface area contributed by atoms with E-state index in [2.05, 4.69) is 11.6 Å². The first-order valence-electron chi connectivity index (χ1n) is 3.06. The summed E-state index contributed by atoms with van der Waals surface area (Å²) in [7, 11) is 0. The molecule has 1 nitrogen and oxygen atoms in total. The highest BCUT2D eigenvalue weighted by molar-refractivity contribution is 5.86. The molecule has 44 valence electrons. The number of hydrogen-bond acceptors (Lipinski definition) is 1. The second-order valence-electron chi connectivity index (χ2n) is 2.04. The van der Waals surface area contributed by atoms with E-state index in [-0.39, 0.29) is 0 Å². The van der Waals surface area contributed by atoms with Gasteiger partial charge in [-0.25, -0.2) is 0 Å². The van der Waals surface area contributed by atoms with Gasteiger partial charge in [0.05, 0.1) is 0 Å². The van der Waals surface area contributed by atoms with Crippen LogP contribution in [-0.4, -0.2) is 12.3 Å². The quantitative estimate of drug-likeness (QED) is 0.479. The highest BCUT2D eigenvalue weighted by Crippen LogP contribution is 2.06. The summed E-state index contributed by atoms with van der Waals surface area (Å²) in [6, 6.07) is 0. The van der Waals surface area contributed by atoms with Crippen LogP contribution >= 0.6 is 0 Å². The summed E-state index contributed by atoms with van der Waals surface area (Å²) in [6.45, 7) is 4.69. The third kappa shape index (κ3) is 1.19. The van der Waals surface area contributed by atoms with Crippen molar-refractivity contribution in [2.45, 2.75) is 19.3 Å². The van der Waals surface area contributed by atoms with Gasteiger partial charge in [-0.3, -0.25) is 4.99 Å². The Labute approximate surface area is 50.1 Å². The topological polar surface area (TPSA) is 12.4 Å². The first-order chi connectivity index (χ1) is 3.93. The zero-order valence-electron chi connectivity index (χ0n) is 5.06. The van der Waals surface area contributed by atoms with Gasteiger partial charge in [0.1, 0.15) is 0 Å². The monoisotopic (exact) mass is 109 g/mol. The molecule has 0 fully saturated rings. The van der Waals surface area contributed by atoms with Gasteiger partial charge in [-0.05, 0) is 12.8 Å². The third-order valence-electron chi connectivity index (χ3n) is 1.34. The minimum absolute atomic E-state index is 1.00. The number of rotatable bonds is 2. The lowest BCUT2D eigenvalue weighted by molar-refractivity contribution is 0.949. The Morgan fingerprint density at radius 3 is 3.12 bits per heavy atom. The van der Waals surface area contributed by atoms with Gasteiger partial charge in [-0.2, -0.15) is 0 Å². The number of aliphatic imine (C=N–C) groups is 1. The maximum atomic E-state index is 4.27. The average Bonchev–Trinajstić information content (AvgIpc) is 2.19. The Morgan fingerprint density at radius 2 is 2.62 bits per heavy atom. The van der Waals surface area contributed by atoms with Gasteiger partial charge in [-0.1, -0.05) is 6.08 Å². The lowest BCUT2D eigenvalue weighted by Crippen LogP contribution is -1.87. The zero-order valence-corrected chi connectivity index (χ0v) is 5.06. The van der Waals surface area contributed by atoms with Crippen molar-refractivity contribution in [3.63, 3.8) is 0 Å². The maximum absolute atomic E-state index is 4.27. The minimum atomic E-state index is 1.00. The minimum Gasteiger partial charge on any atom is -0.294 e. The fourth-order valence-corrected chi connectivity index (χ4v) is 0.933. The maximum Gasteiger partial charge on any atom is 0.0392 e. The molecule has 0 unspecified atom stereocenters. The number of allylic oxidation sites excluding steroid dienone is 1. The Kier molecular flexibility index (Phi) is 1.84. The molecule has 1 heterocycles. The lowest BCUT2D eigenvalue weighted by atomic mass is 10.2. The van der Waals surface area contributed by atoms with E-state index >= 15 is 0 Å². The van der Waals surface area contributed by atoms with Crippen molar-refractivity contribution in [3.8, 4) is 0 Å². The Morgan fingerprint density at radius 1 is 1.75 bits per heavy atom. The van der Waals surface area contributed by atoms with E-state index in [9.17, 15) is 0 Å². The van der Waals surface area contributed by atoms with Crippen molar-refractivity contribution in [2.75, 3.05) is 6.54 Å². The summed E-state index contributed by atoms with van der Waals surface area (Å²) in [5.74, 6) is 0. The molecular weight excluding hydrogens is 98.1 g/mol. The molecule has 0 saturated heterocycles. The predicted molar refractivity (Wildman–Crippen MR) is 36.4 cm³/mol. The molecule has 0 N–H and O–H groups in total. The summed E-state index contributed by atoms with van der Waals surface area (Å²) in [6.07, 6.45) is 5.37. The lowest BCUT2D eigenvalue weighted by Gasteiger charge is -1.88. The van der Waals surface area contributed by atoms with Gasteiger partial charge >= 0.3 is 0 Å². The molecule has 0 aliphatic carbocycles. The summed E-state index contributed by atoms with van der Waals surface area (Å²) < 4.78 is 0. The number of nitrogens with zero attached hydrogens (tertiary/aromatic N) is 1. The van der Waals surface area contributed by atoms with Crippen molar-refractivity contribution in [1.82, 2.24) is 0 Å². The van der Waals surface area contributed by atoms with Crippen molar-refractivity contribution >= 4 is 5.71 Å². The zero-order chi connectivity index (χ0) is 5.82. The normalized spacial score (nSPS) is 18.2. The van der Waals surface area contributed by atoms with E-state index in [4.69, 9.17) is 0 Å². The fraction of sp³-hybridized carbons (Fsp3) is 0.571. The molecule has 1 aliphatic heterocycles. The van der Waals surface area contributed by atoms with Gasteiger partial charge in [0.25, 0.3) is 0 Å². The molecular formula is C7H11N. The van der Waals surface area contributed by atoms with Crippen LogP contribution in [0.1, 0.15) is 19.3 Å². The summed E-state index contributed by atoms with van der Waals surface area (Å²) in [4.78, 5) is 4.27. The summed E-state index contributed by atoms with van der Waals surface area (Å²) in [5.41, 5.74) is 1.33. The highest BCUT2D eigenvalue weighted by Gasteiger charge is 2.01. The standard InChI is InChI=1S/C7H11N/c1-2-4-7-5-3-6-8-7/h2H,1,3-6H2. The van der Waals surface area contributed by atoms with Crippen LogP contribution in [0.4, 0.5) is 0 Å². The molecule has 0 amide bonds. The average molecular weight is 109 g/mol. The van der Waals surface area contributed by atoms with Gasteiger partial charge in [0.2, 0.25) is 0 Å². The van der Waals surface area contributed by atoms with Crippen molar-refractivity contribution < 1.29 is 0 Å². The van der Waals surface area contributed by atoms with Crippen molar-refractivity contribution in [3.05, 3.63) is 12.7 Å². The molecule has 0 radical (unpaired) electrons. The number of hydrogen-bond donors (Lipinski definition) is 0. The molecule has 1 aliphatic rings. The predicted octanol–water partition coefficient (Wildman–Crippen LogP) is 1.80. The van der Waals surface area contributed by atoms with Crippen LogP contribution in [0.25, 0.3) is 0 Å². The van der Waals surface area contributed by atoms with Crippen LogP contribution in [0, 0.1) is 0 Å². The van der Waals surface area contributed by atoms with E-state index in [1.807, 2.05) is 6.08 Å². The van der Waals surface area contributed by atoms with Crippen molar-refractivity contribution in [1.29, 1.82) is 0 Å². The van der Waals surface area contributed by atoms with E-state index < -0.39 is 0 Å². The molecule has 1 rings (SSSR count). The molecule has 0 aromatic rings. The van der Waals surface area contributed by atoms with Crippen LogP contribution in [0.5, 0.6) is 0 Å². The molecule has 0 aromatic heterocycles. The van der Waals surface area contributed by atoms with Crippen molar-refractivity contribution in [2.24, 2.45) is 4.99 Å². The van der Waals surface area contributed by atoms with E-state index in [1.54, 1.807) is 0 Å². The Balaban J connectivity index is 2.33. The van der Waals surface area contributed by atoms with E-state index in [0.717, 1.165) is 13.0 Å². The highest BCUT2D eigenvalue weighted by atomic mass is 14.8. The van der Waals surface area contributed by atoms with Gasteiger partial charge in [-0.15, -0.1) is 6.58 Å². The molecule has 0 saturated carbocycles. The largest absolute Gasteiger partial charge is 0.294 e. The molecule has 8 heavy (non-hydrogen) atoms. The van der Waals surface area contributed by atoms with E-state index in [1.165, 1.54) is 18.6 Å².